The molecule has 2 rings (SSSR count). The second-order valence-corrected chi connectivity index (χ2v) is 6.00. The van der Waals surface area contributed by atoms with Crippen LogP contribution in [0.2, 0.25) is 0 Å². The van der Waals surface area contributed by atoms with E-state index in [2.05, 4.69) is 17.1 Å². The van der Waals surface area contributed by atoms with Gasteiger partial charge in [-0.2, -0.15) is 0 Å². The number of rotatable bonds is 3. The standard InChI is InChI=1S/C14H26N2O/c1-12-6-9-16(11-12)13(17)10-14(15-2)7-4-3-5-8-14/h12,15H,3-11H2,1-2H3. The molecule has 1 amide bonds. The third-order valence-electron chi connectivity index (χ3n) is 4.61. The summed E-state index contributed by atoms with van der Waals surface area (Å²) in [5.41, 5.74) is 0.0984. The summed E-state index contributed by atoms with van der Waals surface area (Å²) in [4.78, 5) is 14.4. The fourth-order valence-electron chi connectivity index (χ4n) is 3.31. The van der Waals surface area contributed by atoms with E-state index in [1.54, 1.807) is 0 Å². The first-order valence-corrected chi connectivity index (χ1v) is 7.12. The first kappa shape index (κ1) is 12.9. The van der Waals surface area contributed by atoms with Crippen LogP contribution in [-0.2, 0) is 4.79 Å². The molecular weight excluding hydrogens is 212 g/mol. The molecule has 1 saturated carbocycles. The zero-order valence-corrected chi connectivity index (χ0v) is 11.3. The molecule has 1 N–H and O–H groups in total. The van der Waals surface area contributed by atoms with Gasteiger partial charge >= 0.3 is 0 Å². The predicted octanol–water partition coefficient (Wildman–Crippen LogP) is 2.17. The third-order valence-corrected chi connectivity index (χ3v) is 4.61. The summed E-state index contributed by atoms with van der Waals surface area (Å²) in [5, 5.41) is 3.44. The van der Waals surface area contributed by atoms with Crippen molar-refractivity contribution in [2.75, 3.05) is 20.1 Å². The Hall–Kier alpha value is -0.570. The van der Waals surface area contributed by atoms with Gasteiger partial charge in [-0.05, 0) is 32.2 Å². The molecule has 0 aromatic carbocycles. The van der Waals surface area contributed by atoms with Crippen LogP contribution in [0.1, 0.15) is 51.9 Å². The lowest BCUT2D eigenvalue weighted by atomic mass is 9.79. The van der Waals surface area contributed by atoms with E-state index in [1.165, 1.54) is 38.5 Å². The second-order valence-electron chi connectivity index (χ2n) is 6.00. The highest BCUT2D eigenvalue weighted by molar-refractivity contribution is 5.77. The molecular formula is C14H26N2O. The molecule has 3 nitrogen and oxygen atoms in total. The molecule has 0 aromatic rings. The number of nitrogens with one attached hydrogen (secondary N) is 1. The van der Waals surface area contributed by atoms with E-state index in [4.69, 9.17) is 0 Å². The first-order chi connectivity index (χ1) is 8.15. The Morgan fingerprint density at radius 1 is 1.35 bits per heavy atom. The number of hydrogen-bond donors (Lipinski definition) is 1. The van der Waals surface area contributed by atoms with Crippen molar-refractivity contribution in [3.05, 3.63) is 0 Å². The highest BCUT2D eigenvalue weighted by atomic mass is 16.2. The Balaban J connectivity index is 1.91. The zero-order chi connectivity index (χ0) is 12.3. The van der Waals surface area contributed by atoms with Crippen molar-refractivity contribution < 1.29 is 4.79 Å². The number of carbonyl (C=O) groups is 1. The maximum absolute atomic E-state index is 12.3. The molecule has 1 heterocycles. The van der Waals surface area contributed by atoms with E-state index in [-0.39, 0.29) is 5.54 Å². The molecule has 0 radical (unpaired) electrons. The summed E-state index contributed by atoms with van der Waals surface area (Å²) in [7, 11) is 2.02. The van der Waals surface area contributed by atoms with Crippen molar-refractivity contribution in [1.82, 2.24) is 10.2 Å². The van der Waals surface area contributed by atoms with Crippen LogP contribution in [0.25, 0.3) is 0 Å². The minimum atomic E-state index is 0.0984. The Bertz CT molecular complexity index is 271. The summed E-state index contributed by atoms with van der Waals surface area (Å²) in [6, 6.07) is 0. The molecule has 98 valence electrons. The largest absolute Gasteiger partial charge is 0.342 e. The van der Waals surface area contributed by atoms with E-state index in [9.17, 15) is 4.79 Å². The molecule has 2 aliphatic rings. The minimum absolute atomic E-state index is 0.0984. The average molecular weight is 238 g/mol. The monoisotopic (exact) mass is 238 g/mol. The van der Waals surface area contributed by atoms with Crippen molar-refractivity contribution in [1.29, 1.82) is 0 Å². The molecule has 1 saturated heterocycles. The van der Waals surface area contributed by atoms with Crippen molar-refractivity contribution in [2.45, 2.75) is 57.4 Å². The lowest BCUT2D eigenvalue weighted by molar-refractivity contribution is -0.132. The number of carbonyl (C=O) groups excluding carboxylic acids is 1. The van der Waals surface area contributed by atoms with E-state index in [1.807, 2.05) is 7.05 Å². The number of nitrogens with zero attached hydrogens (tertiary/aromatic N) is 1. The Labute approximate surface area is 105 Å². The Morgan fingerprint density at radius 3 is 2.59 bits per heavy atom. The lowest BCUT2D eigenvalue weighted by Crippen LogP contribution is -2.48. The average Bonchev–Trinajstić information content (AvgIpc) is 2.77. The lowest BCUT2D eigenvalue weighted by Gasteiger charge is -2.37. The molecule has 0 aromatic heterocycles. The van der Waals surface area contributed by atoms with Crippen LogP contribution in [-0.4, -0.2) is 36.5 Å². The van der Waals surface area contributed by atoms with E-state index in [0.29, 0.717) is 18.2 Å². The summed E-state index contributed by atoms with van der Waals surface area (Å²) >= 11 is 0. The van der Waals surface area contributed by atoms with Crippen molar-refractivity contribution in [3.8, 4) is 0 Å². The maximum Gasteiger partial charge on any atom is 0.224 e. The van der Waals surface area contributed by atoms with Gasteiger partial charge in [0, 0.05) is 25.0 Å². The normalized spacial score (nSPS) is 28.4. The van der Waals surface area contributed by atoms with Crippen LogP contribution in [0.15, 0.2) is 0 Å². The summed E-state index contributed by atoms with van der Waals surface area (Å²) in [5.74, 6) is 1.06. The van der Waals surface area contributed by atoms with E-state index >= 15 is 0 Å². The predicted molar refractivity (Wildman–Crippen MR) is 69.9 cm³/mol. The quantitative estimate of drug-likeness (QED) is 0.817. The third kappa shape index (κ3) is 3.01. The highest BCUT2D eigenvalue weighted by Crippen LogP contribution is 2.31. The van der Waals surface area contributed by atoms with Gasteiger partial charge in [-0.15, -0.1) is 0 Å². The smallest absolute Gasteiger partial charge is 0.224 e. The van der Waals surface area contributed by atoms with Gasteiger partial charge in [-0.1, -0.05) is 26.2 Å². The van der Waals surface area contributed by atoms with Gasteiger partial charge in [0.1, 0.15) is 0 Å². The number of hydrogen-bond acceptors (Lipinski definition) is 2. The Morgan fingerprint density at radius 2 is 2.06 bits per heavy atom. The maximum atomic E-state index is 12.3. The van der Waals surface area contributed by atoms with E-state index in [0.717, 1.165) is 13.1 Å². The minimum Gasteiger partial charge on any atom is -0.342 e. The van der Waals surface area contributed by atoms with Crippen LogP contribution in [0, 0.1) is 5.92 Å². The molecule has 3 heteroatoms. The van der Waals surface area contributed by atoms with Crippen molar-refractivity contribution in [2.24, 2.45) is 5.92 Å². The van der Waals surface area contributed by atoms with Gasteiger partial charge in [0.2, 0.25) is 5.91 Å². The Kier molecular flexibility index (Phi) is 4.08. The van der Waals surface area contributed by atoms with Gasteiger partial charge in [-0.25, -0.2) is 0 Å². The van der Waals surface area contributed by atoms with Crippen molar-refractivity contribution in [3.63, 3.8) is 0 Å². The van der Waals surface area contributed by atoms with Crippen LogP contribution in [0.3, 0.4) is 0 Å². The summed E-state index contributed by atoms with van der Waals surface area (Å²) < 4.78 is 0. The molecule has 2 fully saturated rings. The van der Waals surface area contributed by atoms with Crippen molar-refractivity contribution >= 4 is 5.91 Å². The van der Waals surface area contributed by atoms with Crippen LogP contribution in [0.5, 0.6) is 0 Å². The summed E-state index contributed by atoms with van der Waals surface area (Å²) in [6.07, 6.45) is 8.08. The highest BCUT2D eigenvalue weighted by Gasteiger charge is 2.35. The fourth-order valence-corrected chi connectivity index (χ4v) is 3.31. The van der Waals surface area contributed by atoms with Gasteiger partial charge in [-0.3, -0.25) is 4.79 Å². The molecule has 0 spiro atoms. The van der Waals surface area contributed by atoms with Gasteiger partial charge in [0.05, 0.1) is 0 Å². The van der Waals surface area contributed by atoms with Gasteiger partial charge in [0.25, 0.3) is 0 Å². The number of likely N-dealkylation sites (tertiary alicyclic amines) is 1. The molecule has 1 unspecified atom stereocenters. The second kappa shape index (κ2) is 5.38. The zero-order valence-electron chi connectivity index (χ0n) is 11.3. The molecule has 0 bridgehead atoms. The fraction of sp³-hybridized carbons (Fsp3) is 0.929. The SMILES string of the molecule is CNC1(CC(=O)N2CCC(C)C2)CCCCC1. The van der Waals surface area contributed by atoms with Crippen LogP contribution >= 0.6 is 0 Å². The van der Waals surface area contributed by atoms with Crippen LogP contribution < -0.4 is 5.32 Å². The molecule has 17 heavy (non-hydrogen) atoms. The number of amides is 1. The molecule has 1 aliphatic heterocycles. The van der Waals surface area contributed by atoms with Gasteiger partial charge in [0.15, 0.2) is 0 Å². The molecule has 1 aliphatic carbocycles. The summed E-state index contributed by atoms with van der Waals surface area (Å²) in [6.45, 7) is 4.18. The van der Waals surface area contributed by atoms with E-state index < -0.39 is 0 Å². The first-order valence-electron chi connectivity index (χ1n) is 7.12. The molecule has 1 atom stereocenters. The van der Waals surface area contributed by atoms with Gasteiger partial charge < -0.3 is 10.2 Å². The topological polar surface area (TPSA) is 32.3 Å². The van der Waals surface area contributed by atoms with Crippen LogP contribution in [0.4, 0.5) is 0 Å².